The maximum Gasteiger partial charge on any atom is 0.255 e. The first-order valence-electron chi connectivity index (χ1n) is 23.0. The molecule has 2 N–H and O–H groups in total. The predicted octanol–water partition coefficient (Wildman–Crippen LogP) is 14.5. The van der Waals surface area contributed by atoms with Crippen molar-refractivity contribution in [1.82, 2.24) is 10.6 Å². The molecule has 302 valence electrons. The Morgan fingerprint density at radius 3 is 1.13 bits per heavy atom. The Kier molecular flexibility index (Phi) is 34.4. The molecule has 0 aliphatic rings. The first-order chi connectivity index (χ1) is 25.6. The first-order valence-corrected chi connectivity index (χ1v) is 23.0. The molecule has 0 aromatic heterocycles. The van der Waals surface area contributed by atoms with E-state index in [4.69, 9.17) is 4.74 Å². The molecule has 0 saturated heterocycles. The van der Waals surface area contributed by atoms with Crippen molar-refractivity contribution in [2.24, 2.45) is 0 Å². The third kappa shape index (κ3) is 28.5. The predicted molar refractivity (Wildman–Crippen MR) is 226 cm³/mol. The van der Waals surface area contributed by atoms with Crippen LogP contribution in [0.5, 0.6) is 5.75 Å². The van der Waals surface area contributed by atoms with Crippen LogP contribution in [0.3, 0.4) is 0 Å². The van der Waals surface area contributed by atoms with Crippen LogP contribution in [-0.2, 0) is 0 Å². The standard InChI is InChI=1S/C47H86N2O3/c1-4-7-10-13-16-19-22-25-28-31-34-39-48-46(50)43-37-38-44(47(51)49-40-35-32-29-26-23-20-17-14-11-8-5-2)45(42-43)52-41-36-33-30-27-24-21-18-15-12-9-6-3/h37-38,42H,4-36,39-41H2,1-3H3,(H,48,50)(H,49,51). The highest BCUT2D eigenvalue weighted by Crippen LogP contribution is 2.22. The van der Waals surface area contributed by atoms with Gasteiger partial charge in [0.25, 0.3) is 11.8 Å². The molecule has 5 heteroatoms. The molecule has 0 aliphatic carbocycles. The van der Waals surface area contributed by atoms with Crippen molar-refractivity contribution < 1.29 is 14.3 Å². The van der Waals surface area contributed by atoms with Crippen LogP contribution in [0.4, 0.5) is 0 Å². The number of amides is 2. The Labute approximate surface area is 323 Å². The Morgan fingerprint density at radius 1 is 0.423 bits per heavy atom. The van der Waals surface area contributed by atoms with Crippen LogP contribution in [0.15, 0.2) is 18.2 Å². The minimum absolute atomic E-state index is 0.0838. The molecule has 0 atom stereocenters. The molecule has 0 unspecified atom stereocenters. The lowest BCUT2D eigenvalue weighted by molar-refractivity contribution is 0.0937. The Morgan fingerprint density at radius 2 is 0.750 bits per heavy atom. The van der Waals surface area contributed by atoms with E-state index in [-0.39, 0.29) is 11.8 Å². The molecule has 0 heterocycles. The van der Waals surface area contributed by atoms with Crippen LogP contribution in [0.25, 0.3) is 0 Å². The van der Waals surface area contributed by atoms with Gasteiger partial charge in [-0.1, -0.05) is 213 Å². The smallest absolute Gasteiger partial charge is 0.255 e. The molecule has 1 aromatic rings. The fraction of sp³-hybridized carbons (Fsp3) is 0.830. The molecular weight excluding hydrogens is 641 g/mol. The van der Waals surface area contributed by atoms with Crippen molar-refractivity contribution in [3.8, 4) is 5.75 Å². The van der Waals surface area contributed by atoms with Crippen LogP contribution in [0.1, 0.15) is 253 Å². The summed E-state index contributed by atoms with van der Waals surface area (Å²) in [5, 5.41) is 6.23. The zero-order chi connectivity index (χ0) is 37.6. The highest BCUT2D eigenvalue weighted by atomic mass is 16.5. The quantitative estimate of drug-likeness (QED) is 0.0664. The molecular formula is C47H86N2O3. The van der Waals surface area contributed by atoms with Gasteiger partial charge in [-0.15, -0.1) is 0 Å². The minimum atomic E-state index is -0.103. The first kappa shape index (κ1) is 48.0. The fourth-order valence-electron chi connectivity index (χ4n) is 7.10. The average Bonchev–Trinajstić information content (AvgIpc) is 3.15. The number of benzene rings is 1. The lowest BCUT2D eigenvalue weighted by atomic mass is 10.1. The summed E-state index contributed by atoms with van der Waals surface area (Å²) < 4.78 is 6.22. The van der Waals surface area contributed by atoms with E-state index in [1.165, 1.54) is 173 Å². The van der Waals surface area contributed by atoms with Crippen molar-refractivity contribution in [2.45, 2.75) is 233 Å². The van der Waals surface area contributed by atoms with Crippen molar-refractivity contribution in [2.75, 3.05) is 19.7 Å². The second kappa shape index (κ2) is 37.3. The molecule has 52 heavy (non-hydrogen) atoms. The second-order valence-corrected chi connectivity index (χ2v) is 15.7. The molecule has 5 nitrogen and oxygen atoms in total. The van der Waals surface area contributed by atoms with E-state index < -0.39 is 0 Å². The summed E-state index contributed by atoms with van der Waals surface area (Å²) in [5.74, 6) is 0.347. The highest BCUT2D eigenvalue weighted by Gasteiger charge is 2.16. The summed E-state index contributed by atoms with van der Waals surface area (Å²) in [6, 6.07) is 5.34. The summed E-state index contributed by atoms with van der Waals surface area (Å²) in [7, 11) is 0. The molecule has 0 saturated carbocycles. The number of hydrogen-bond acceptors (Lipinski definition) is 3. The molecule has 0 spiro atoms. The van der Waals surface area contributed by atoms with Crippen LogP contribution in [0.2, 0.25) is 0 Å². The molecule has 0 fully saturated rings. The zero-order valence-corrected chi connectivity index (χ0v) is 34.9. The third-order valence-corrected chi connectivity index (χ3v) is 10.6. The Hall–Kier alpha value is -2.04. The zero-order valence-electron chi connectivity index (χ0n) is 34.9. The molecule has 1 aromatic carbocycles. The number of ether oxygens (including phenoxy) is 1. The Balaban J connectivity index is 2.46. The van der Waals surface area contributed by atoms with Crippen molar-refractivity contribution in [3.63, 3.8) is 0 Å². The van der Waals surface area contributed by atoms with E-state index in [0.717, 1.165) is 38.5 Å². The minimum Gasteiger partial charge on any atom is -0.493 e. The average molecular weight is 727 g/mol. The van der Waals surface area contributed by atoms with Gasteiger partial charge in [-0.2, -0.15) is 0 Å². The van der Waals surface area contributed by atoms with E-state index in [2.05, 4.69) is 31.4 Å². The summed E-state index contributed by atoms with van der Waals surface area (Å²) in [6.07, 6.45) is 42.5. The van der Waals surface area contributed by atoms with Crippen molar-refractivity contribution >= 4 is 11.8 Å². The third-order valence-electron chi connectivity index (χ3n) is 10.6. The van der Waals surface area contributed by atoms with Crippen molar-refractivity contribution in [1.29, 1.82) is 0 Å². The number of unbranched alkanes of at least 4 members (excludes halogenated alkanes) is 30. The Bertz CT molecular complexity index is 949. The van der Waals surface area contributed by atoms with E-state index in [1.54, 1.807) is 18.2 Å². The summed E-state index contributed by atoms with van der Waals surface area (Å²) in [4.78, 5) is 26.3. The largest absolute Gasteiger partial charge is 0.493 e. The SMILES string of the molecule is CCCCCCCCCCCCCNC(=O)c1ccc(C(=O)NCCCCCCCCCCCCC)c(OCCCCCCCCCCCCC)c1. The van der Waals surface area contributed by atoms with E-state index >= 15 is 0 Å². The van der Waals surface area contributed by atoms with Crippen LogP contribution in [0, 0.1) is 0 Å². The normalized spacial score (nSPS) is 11.2. The second-order valence-electron chi connectivity index (χ2n) is 15.7. The molecule has 0 aliphatic heterocycles. The van der Waals surface area contributed by atoms with E-state index in [9.17, 15) is 9.59 Å². The van der Waals surface area contributed by atoms with Gasteiger partial charge >= 0.3 is 0 Å². The molecule has 0 radical (unpaired) electrons. The van der Waals surface area contributed by atoms with Gasteiger partial charge in [0.1, 0.15) is 5.75 Å². The number of hydrogen-bond donors (Lipinski definition) is 2. The number of carbonyl (C=O) groups is 2. The maximum absolute atomic E-state index is 13.3. The van der Waals surface area contributed by atoms with Gasteiger partial charge in [0.15, 0.2) is 0 Å². The van der Waals surface area contributed by atoms with Gasteiger partial charge in [0.2, 0.25) is 0 Å². The monoisotopic (exact) mass is 727 g/mol. The summed E-state index contributed by atoms with van der Waals surface area (Å²) in [5.41, 5.74) is 1.10. The van der Waals surface area contributed by atoms with Gasteiger partial charge in [0, 0.05) is 18.7 Å². The lowest BCUT2D eigenvalue weighted by Crippen LogP contribution is -2.26. The van der Waals surface area contributed by atoms with Crippen LogP contribution >= 0.6 is 0 Å². The fourth-order valence-corrected chi connectivity index (χ4v) is 7.10. The molecule has 0 bridgehead atoms. The number of rotatable bonds is 39. The van der Waals surface area contributed by atoms with Gasteiger partial charge in [-0.05, 0) is 37.5 Å². The van der Waals surface area contributed by atoms with Gasteiger partial charge in [-0.3, -0.25) is 9.59 Å². The maximum atomic E-state index is 13.3. The summed E-state index contributed by atoms with van der Waals surface area (Å²) >= 11 is 0. The van der Waals surface area contributed by atoms with Crippen LogP contribution in [-0.4, -0.2) is 31.5 Å². The van der Waals surface area contributed by atoms with E-state index in [1.807, 2.05) is 0 Å². The van der Waals surface area contributed by atoms with Crippen LogP contribution < -0.4 is 15.4 Å². The van der Waals surface area contributed by atoms with Crippen molar-refractivity contribution in [3.05, 3.63) is 29.3 Å². The van der Waals surface area contributed by atoms with Gasteiger partial charge in [0.05, 0.1) is 12.2 Å². The number of carbonyl (C=O) groups excluding carboxylic acids is 2. The van der Waals surface area contributed by atoms with Gasteiger partial charge < -0.3 is 15.4 Å². The topological polar surface area (TPSA) is 67.4 Å². The van der Waals surface area contributed by atoms with Gasteiger partial charge in [-0.25, -0.2) is 0 Å². The van der Waals surface area contributed by atoms with E-state index in [0.29, 0.717) is 36.6 Å². The highest BCUT2D eigenvalue weighted by molar-refractivity contribution is 6.00. The number of nitrogens with one attached hydrogen (secondary N) is 2. The molecule has 1 rings (SSSR count). The summed E-state index contributed by atoms with van der Waals surface area (Å²) in [6.45, 7) is 8.74. The lowest BCUT2D eigenvalue weighted by Gasteiger charge is -2.14. The molecule has 2 amide bonds.